The first-order valence-corrected chi connectivity index (χ1v) is 10.3. The summed E-state index contributed by atoms with van der Waals surface area (Å²) in [4.78, 5) is 12.7. The highest BCUT2D eigenvalue weighted by Crippen LogP contribution is 2.30. The Bertz CT molecular complexity index is 1110. The molecule has 1 fully saturated rings. The van der Waals surface area contributed by atoms with Crippen LogP contribution in [0, 0.1) is 23.3 Å². The summed E-state index contributed by atoms with van der Waals surface area (Å²) >= 11 is 3.23. The molecule has 1 amide bonds. The number of carbonyl (C=O) groups excluding carboxylic acids is 1. The third-order valence-corrected chi connectivity index (χ3v) is 5.92. The quantitative estimate of drug-likeness (QED) is 0.472. The second-order valence-electron chi connectivity index (χ2n) is 7.26. The van der Waals surface area contributed by atoms with Crippen LogP contribution in [0.5, 0.6) is 0 Å². The fourth-order valence-electron chi connectivity index (χ4n) is 3.80. The summed E-state index contributed by atoms with van der Waals surface area (Å²) in [6.07, 6.45) is 1.98. The summed E-state index contributed by atoms with van der Waals surface area (Å²) in [6.45, 7) is 0.921. The van der Waals surface area contributed by atoms with Gasteiger partial charge in [0.05, 0.1) is 16.4 Å². The number of aromatic nitrogens is 2. The van der Waals surface area contributed by atoms with Crippen LogP contribution in [0.3, 0.4) is 0 Å². The monoisotopic (exact) mass is 496 g/mol. The van der Waals surface area contributed by atoms with E-state index in [1.54, 1.807) is 0 Å². The molecule has 3 aromatic rings. The predicted octanol–water partition coefficient (Wildman–Crippen LogP) is 4.27. The van der Waals surface area contributed by atoms with Crippen LogP contribution in [0.15, 0.2) is 41.0 Å². The summed E-state index contributed by atoms with van der Waals surface area (Å²) in [5.74, 6) is -5.27. The van der Waals surface area contributed by atoms with Crippen LogP contribution in [-0.4, -0.2) is 35.2 Å². The van der Waals surface area contributed by atoms with E-state index in [2.05, 4.69) is 36.8 Å². The molecule has 0 radical (unpaired) electrons. The molecule has 0 aliphatic carbocycles. The van der Waals surface area contributed by atoms with E-state index in [-0.39, 0.29) is 11.5 Å². The summed E-state index contributed by atoms with van der Waals surface area (Å²) in [7, 11) is 0. The number of halogens is 5. The van der Waals surface area contributed by atoms with Gasteiger partial charge in [-0.3, -0.25) is 9.89 Å². The highest BCUT2D eigenvalue weighted by atomic mass is 79.9. The van der Waals surface area contributed by atoms with Crippen LogP contribution in [-0.2, 0) is 0 Å². The molecule has 0 bridgehead atoms. The minimum atomic E-state index is -1.03. The number of rotatable bonds is 4. The van der Waals surface area contributed by atoms with E-state index in [1.165, 1.54) is 12.3 Å². The van der Waals surface area contributed by atoms with Gasteiger partial charge in [-0.1, -0.05) is 6.07 Å². The average Bonchev–Trinajstić information content (AvgIpc) is 3.16. The summed E-state index contributed by atoms with van der Waals surface area (Å²) in [5, 5.41) is 12.1. The van der Waals surface area contributed by atoms with Crippen LogP contribution in [0.4, 0.5) is 17.6 Å². The van der Waals surface area contributed by atoms with Crippen molar-refractivity contribution in [3.63, 3.8) is 0 Å². The predicted molar refractivity (Wildman–Crippen MR) is 109 cm³/mol. The zero-order chi connectivity index (χ0) is 22.1. The number of hydrogen-bond donors (Lipinski definition) is 3. The Balaban J connectivity index is 1.59. The minimum absolute atomic E-state index is 0.190. The van der Waals surface area contributed by atoms with E-state index in [0.29, 0.717) is 35.2 Å². The molecule has 1 saturated heterocycles. The van der Waals surface area contributed by atoms with Gasteiger partial charge in [0.1, 0.15) is 17.2 Å². The molecule has 4 rings (SSSR count). The van der Waals surface area contributed by atoms with Crippen LogP contribution >= 0.6 is 15.9 Å². The zero-order valence-corrected chi connectivity index (χ0v) is 17.6. The lowest BCUT2D eigenvalue weighted by atomic mass is 9.85. The zero-order valence-electron chi connectivity index (χ0n) is 16.0. The number of nitrogens with one attached hydrogen (secondary N) is 3. The SMILES string of the molecule is O=C(N[C@@H]1CNCC[C@H]1c1ccc(F)c(F)c1)c1c(F)cc(-c2[nH]ncc2Br)cc1F. The fourth-order valence-corrected chi connectivity index (χ4v) is 4.22. The van der Waals surface area contributed by atoms with Crippen molar-refractivity contribution in [3.05, 3.63) is 75.4 Å². The smallest absolute Gasteiger partial charge is 0.257 e. The van der Waals surface area contributed by atoms with Crippen molar-refractivity contribution in [1.29, 1.82) is 0 Å². The number of H-pyrrole nitrogens is 1. The maximum Gasteiger partial charge on any atom is 0.257 e. The molecule has 1 aliphatic heterocycles. The van der Waals surface area contributed by atoms with Gasteiger partial charge in [-0.05, 0) is 58.7 Å². The minimum Gasteiger partial charge on any atom is -0.347 e. The van der Waals surface area contributed by atoms with Gasteiger partial charge in [-0.25, -0.2) is 17.6 Å². The van der Waals surface area contributed by atoms with E-state index in [4.69, 9.17) is 0 Å². The molecule has 5 nitrogen and oxygen atoms in total. The second-order valence-corrected chi connectivity index (χ2v) is 8.11. The van der Waals surface area contributed by atoms with Crippen molar-refractivity contribution in [2.45, 2.75) is 18.4 Å². The molecule has 2 aromatic carbocycles. The van der Waals surface area contributed by atoms with Gasteiger partial charge in [-0.15, -0.1) is 0 Å². The molecule has 0 spiro atoms. The molecule has 10 heteroatoms. The number of aromatic amines is 1. The molecule has 31 heavy (non-hydrogen) atoms. The van der Waals surface area contributed by atoms with Crippen molar-refractivity contribution in [2.24, 2.45) is 0 Å². The van der Waals surface area contributed by atoms with Crippen LogP contribution in [0.25, 0.3) is 11.3 Å². The van der Waals surface area contributed by atoms with Crippen molar-refractivity contribution in [2.75, 3.05) is 13.1 Å². The maximum absolute atomic E-state index is 14.7. The van der Waals surface area contributed by atoms with Crippen molar-refractivity contribution in [1.82, 2.24) is 20.8 Å². The van der Waals surface area contributed by atoms with Crippen molar-refractivity contribution < 1.29 is 22.4 Å². The molecule has 2 heterocycles. The molecule has 3 N–H and O–H groups in total. The fraction of sp³-hybridized carbons (Fsp3) is 0.238. The molecule has 0 saturated carbocycles. The van der Waals surface area contributed by atoms with E-state index in [9.17, 15) is 22.4 Å². The highest BCUT2D eigenvalue weighted by molar-refractivity contribution is 9.10. The largest absolute Gasteiger partial charge is 0.347 e. The van der Waals surface area contributed by atoms with Crippen LogP contribution in [0.2, 0.25) is 0 Å². The number of piperidine rings is 1. The molecule has 1 aliphatic rings. The molecular weight excluding hydrogens is 480 g/mol. The molecule has 2 atom stereocenters. The highest BCUT2D eigenvalue weighted by Gasteiger charge is 2.30. The number of hydrogen-bond acceptors (Lipinski definition) is 3. The Morgan fingerprint density at radius 3 is 2.45 bits per heavy atom. The lowest BCUT2D eigenvalue weighted by molar-refractivity contribution is 0.0916. The van der Waals surface area contributed by atoms with Gasteiger partial charge < -0.3 is 10.6 Å². The first kappa shape index (κ1) is 21.5. The van der Waals surface area contributed by atoms with Gasteiger partial charge >= 0.3 is 0 Å². The van der Waals surface area contributed by atoms with Crippen LogP contribution in [0.1, 0.15) is 28.3 Å². The number of amides is 1. The molecular formula is C21H17BrF4N4O. The Morgan fingerprint density at radius 1 is 1.06 bits per heavy atom. The van der Waals surface area contributed by atoms with Gasteiger partial charge in [-0.2, -0.15) is 5.10 Å². The van der Waals surface area contributed by atoms with E-state index >= 15 is 0 Å². The van der Waals surface area contributed by atoms with Crippen molar-refractivity contribution >= 4 is 21.8 Å². The second kappa shape index (κ2) is 8.80. The van der Waals surface area contributed by atoms with Gasteiger partial charge in [0.15, 0.2) is 11.6 Å². The number of nitrogens with zero attached hydrogens (tertiary/aromatic N) is 1. The molecule has 162 valence electrons. The third-order valence-electron chi connectivity index (χ3n) is 5.32. The number of benzene rings is 2. The Hall–Kier alpha value is -2.72. The van der Waals surface area contributed by atoms with Gasteiger partial charge in [0, 0.05) is 24.1 Å². The van der Waals surface area contributed by atoms with E-state index in [1.807, 2.05) is 0 Å². The summed E-state index contributed by atoms with van der Waals surface area (Å²) in [6, 6.07) is 5.09. The van der Waals surface area contributed by atoms with Crippen LogP contribution < -0.4 is 10.6 Å². The first-order valence-electron chi connectivity index (χ1n) is 9.50. The summed E-state index contributed by atoms with van der Waals surface area (Å²) < 4.78 is 56.9. The Kier molecular flexibility index (Phi) is 6.10. The average molecular weight is 497 g/mol. The third kappa shape index (κ3) is 4.35. The topological polar surface area (TPSA) is 69.8 Å². The molecule has 1 aromatic heterocycles. The summed E-state index contributed by atoms with van der Waals surface area (Å²) in [5.41, 5.74) is 0.356. The van der Waals surface area contributed by atoms with E-state index < -0.39 is 40.8 Å². The standard InChI is InChI=1S/C21H17BrF4N4O/c22-13-8-28-30-20(13)11-6-16(25)19(17(26)7-11)21(31)29-18-9-27-4-3-12(18)10-1-2-14(23)15(24)5-10/h1-2,5-8,12,18,27H,3-4,9H2,(H,28,30)(H,29,31)/t12-,18+/m0/s1. The lowest BCUT2D eigenvalue weighted by Gasteiger charge is -2.33. The molecule has 0 unspecified atom stereocenters. The Morgan fingerprint density at radius 2 is 1.81 bits per heavy atom. The van der Waals surface area contributed by atoms with Crippen molar-refractivity contribution in [3.8, 4) is 11.3 Å². The maximum atomic E-state index is 14.7. The lowest BCUT2D eigenvalue weighted by Crippen LogP contribution is -2.50. The Labute approximate surface area is 183 Å². The van der Waals surface area contributed by atoms with E-state index in [0.717, 1.165) is 24.3 Å². The van der Waals surface area contributed by atoms with Gasteiger partial charge in [0.2, 0.25) is 0 Å². The normalized spacial score (nSPS) is 18.7. The first-order chi connectivity index (χ1) is 14.8. The van der Waals surface area contributed by atoms with Gasteiger partial charge in [0.25, 0.3) is 5.91 Å². The number of carbonyl (C=O) groups is 1.